The van der Waals surface area contributed by atoms with E-state index in [1.54, 1.807) is 11.1 Å². The minimum Gasteiger partial charge on any atom is -0.382 e. The molecule has 0 aliphatic heterocycles. The van der Waals surface area contributed by atoms with Crippen LogP contribution in [0.2, 0.25) is 0 Å². The van der Waals surface area contributed by atoms with Crippen molar-refractivity contribution in [2.45, 2.75) is 38.5 Å². The van der Waals surface area contributed by atoms with Crippen LogP contribution in [0.4, 0.5) is 0 Å². The second-order valence-electron chi connectivity index (χ2n) is 4.67. The molecule has 0 heterocycles. The fourth-order valence-corrected chi connectivity index (χ4v) is 2.17. The van der Waals surface area contributed by atoms with Gasteiger partial charge in [-0.3, -0.25) is 4.79 Å². The molecule has 0 unspecified atom stereocenters. The number of nitriles is 1. The molecule has 0 radical (unpaired) electrons. The number of carbonyl (C=O) groups is 1. The van der Waals surface area contributed by atoms with E-state index in [4.69, 9.17) is 5.26 Å². The van der Waals surface area contributed by atoms with Crippen molar-refractivity contribution in [3.05, 3.63) is 11.8 Å². The highest BCUT2D eigenvalue weighted by Crippen LogP contribution is 2.25. The van der Waals surface area contributed by atoms with Gasteiger partial charge in [0, 0.05) is 26.2 Å². The molecule has 1 fully saturated rings. The van der Waals surface area contributed by atoms with E-state index in [9.17, 15) is 4.79 Å². The molecule has 0 atom stereocenters. The average Bonchev–Trinajstić information content (AvgIpc) is 2.53. The molecule has 3 heteroatoms. The maximum atomic E-state index is 12.1. The molecule has 1 aliphatic rings. The van der Waals surface area contributed by atoms with Crippen molar-refractivity contribution in [2.75, 3.05) is 14.1 Å². The maximum Gasteiger partial charge on any atom is 0.177 e. The molecule has 0 spiro atoms. The van der Waals surface area contributed by atoms with Crippen molar-refractivity contribution >= 4 is 5.78 Å². The van der Waals surface area contributed by atoms with Crippen molar-refractivity contribution in [2.24, 2.45) is 5.92 Å². The van der Waals surface area contributed by atoms with Gasteiger partial charge >= 0.3 is 0 Å². The summed E-state index contributed by atoms with van der Waals surface area (Å²) in [6.45, 7) is 0. The quantitative estimate of drug-likeness (QED) is 0.417. The number of carbonyl (C=O) groups excluding carboxylic acids is 1. The zero-order chi connectivity index (χ0) is 12.0. The number of hydrogen-bond acceptors (Lipinski definition) is 3. The Morgan fingerprint density at radius 2 is 1.81 bits per heavy atom. The normalized spacial score (nSPS) is 18.7. The highest BCUT2D eigenvalue weighted by atomic mass is 16.1. The fourth-order valence-electron chi connectivity index (χ4n) is 2.17. The summed E-state index contributed by atoms with van der Waals surface area (Å²) in [5.74, 6) is 0.117. The molecule has 16 heavy (non-hydrogen) atoms. The highest BCUT2D eigenvalue weighted by molar-refractivity contribution is 6.00. The van der Waals surface area contributed by atoms with Gasteiger partial charge in [-0.15, -0.1) is 0 Å². The fraction of sp³-hybridized carbons (Fsp3) is 0.692. The largest absolute Gasteiger partial charge is 0.382 e. The van der Waals surface area contributed by atoms with Gasteiger partial charge in [0.05, 0.1) is 0 Å². The highest BCUT2D eigenvalue weighted by Gasteiger charge is 2.23. The molecule has 88 valence electrons. The van der Waals surface area contributed by atoms with E-state index in [-0.39, 0.29) is 11.7 Å². The van der Waals surface area contributed by atoms with Gasteiger partial charge in [0.15, 0.2) is 5.78 Å². The van der Waals surface area contributed by atoms with Crippen molar-refractivity contribution in [1.29, 1.82) is 5.26 Å². The van der Waals surface area contributed by atoms with E-state index in [2.05, 4.69) is 0 Å². The number of rotatable bonds is 3. The molecule has 0 N–H and O–H groups in total. The number of hydrogen-bond donors (Lipinski definition) is 0. The molecule has 0 bridgehead atoms. The van der Waals surface area contributed by atoms with Crippen LogP contribution < -0.4 is 0 Å². The standard InChI is InChI=1S/C13H20N2O/c1-15(2)10-12(9-14)13(16)11-7-5-3-4-6-8-11/h10-11H,3-8H2,1-2H3/b12-10+. The Morgan fingerprint density at radius 1 is 1.25 bits per heavy atom. The van der Waals surface area contributed by atoms with E-state index in [0.29, 0.717) is 5.57 Å². The van der Waals surface area contributed by atoms with Crippen molar-refractivity contribution in [3.8, 4) is 6.07 Å². The van der Waals surface area contributed by atoms with Gasteiger partial charge in [-0.2, -0.15) is 5.26 Å². The summed E-state index contributed by atoms with van der Waals surface area (Å²) in [5.41, 5.74) is 0.303. The van der Waals surface area contributed by atoms with Crippen LogP contribution in [0.25, 0.3) is 0 Å². The zero-order valence-corrected chi connectivity index (χ0v) is 10.2. The van der Waals surface area contributed by atoms with E-state index >= 15 is 0 Å². The van der Waals surface area contributed by atoms with Crippen molar-refractivity contribution in [1.82, 2.24) is 4.90 Å². The SMILES string of the molecule is CN(C)/C=C(\C#N)C(=O)C1CCCCCC1. The Hall–Kier alpha value is -1.30. The first-order chi connectivity index (χ1) is 7.65. The number of Topliss-reactive ketones (excluding diaryl/α,β-unsaturated/α-hetero) is 1. The lowest BCUT2D eigenvalue weighted by molar-refractivity contribution is -0.119. The molecule has 0 amide bonds. The number of allylic oxidation sites excluding steroid dienone is 1. The van der Waals surface area contributed by atoms with Crippen molar-refractivity contribution < 1.29 is 4.79 Å². The smallest absolute Gasteiger partial charge is 0.177 e. The summed E-state index contributed by atoms with van der Waals surface area (Å²) in [5, 5.41) is 8.98. The summed E-state index contributed by atoms with van der Waals surface area (Å²) < 4.78 is 0. The van der Waals surface area contributed by atoms with Crippen LogP contribution in [0, 0.1) is 17.2 Å². The second kappa shape index (κ2) is 6.32. The molecule has 0 saturated heterocycles. The van der Waals surface area contributed by atoms with E-state index in [0.717, 1.165) is 25.7 Å². The number of nitrogens with zero attached hydrogens (tertiary/aromatic N) is 2. The summed E-state index contributed by atoms with van der Waals surface area (Å²) >= 11 is 0. The summed E-state index contributed by atoms with van der Waals surface area (Å²) in [6, 6.07) is 2.02. The molecule has 1 saturated carbocycles. The lowest BCUT2D eigenvalue weighted by Crippen LogP contribution is -2.17. The van der Waals surface area contributed by atoms with Gasteiger partial charge in [-0.05, 0) is 12.8 Å². The second-order valence-corrected chi connectivity index (χ2v) is 4.67. The van der Waals surface area contributed by atoms with Crippen LogP contribution in [-0.2, 0) is 4.79 Å². The third-order valence-electron chi connectivity index (χ3n) is 3.00. The third kappa shape index (κ3) is 3.69. The molecular weight excluding hydrogens is 200 g/mol. The lowest BCUT2D eigenvalue weighted by atomic mass is 9.91. The first-order valence-electron chi connectivity index (χ1n) is 5.97. The monoisotopic (exact) mass is 220 g/mol. The zero-order valence-electron chi connectivity index (χ0n) is 10.2. The maximum absolute atomic E-state index is 12.1. The minimum absolute atomic E-state index is 0.0399. The molecule has 0 aromatic rings. The summed E-state index contributed by atoms with van der Waals surface area (Å²) in [4.78, 5) is 13.9. The van der Waals surface area contributed by atoms with Crippen molar-refractivity contribution in [3.63, 3.8) is 0 Å². The molecule has 1 aliphatic carbocycles. The predicted octanol–water partition coefficient (Wildman–Crippen LogP) is 2.49. The van der Waals surface area contributed by atoms with Gasteiger partial charge in [0.2, 0.25) is 0 Å². The van der Waals surface area contributed by atoms with E-state index in [1.165, 1.54) is 12.8 Å². The Balaban J connectivity index is 2.71. The minimum atomic E-state index is 0.0399. The van der Waals surface area contributed by atoms with Crippen LogP contribution in [0.3, 0.4) is 0 Å². The number of ketones is 1. The van der Waals surface area contributed by atoms with Gasteiger partial charge in [0.1, 0.15) is 11.6 Å². The lowest BCUT2D eigenvalue weighted by Gasteiger charge is -2.13. The van der Waals surface area contributed by atoms with Crippen LogP contribution in [0.1, 0.15) is 38.5 Å². The van der Waals surface area contributed by atoms with Gasteiger partial charge in [0.25, 0.3) is 0 Å². The molecule has 3 nitrogen and oxygen atoms in total. The molecule has 0 aromatic heterocycles. The van der Waals surface area contributed by atoms with Gasteiger partial charge in [-0.25, -0.2) is 0 Å². The Labute approximate surface area is 97.7 Å². The van der Waals surface area contributed by atoms with Crippen LogP contribution in [0.5, 0.6) is 0 Å². The Morgan fingerprint density at radius 3 is 2.25 bits per heavy atom. The van der Waals surface area contributed by atoms with E-state index in [1.807, 2.05) is 20.2 Å². The first kappa shape index (κ1) is 12.8. The van der Waals surface area contributed by atoms with E-state index < -0.39 is 0 Å². The Kier molecular flexibility index (Phi) is 5.04. The Bertz CT molecular complexity index is 304. The van der Waals surface area contributed by atoms with Gasteiger partial charge < -0.3 is 4.90 Å². The molecular formula is C13H20N2O. The summed E-state index contributed by atoms with van der Waals surface area (Å²) in [7, 11) is 3.66. The average molecular weight is 220 g/mol. The van der Waals surface area contributed by atoms with Crippen LogP contribution in [-0.4, -0.2) is 24.8 Å². The molecule has 0 aromatic carbocycles. The third-order valence-corrected chi connectivity index (χ3v) is 3.00. The summed E-state index contributed by atoms with van der Waals surface area (Å²) in [6.07, 6.45) is 8.23. The molecule has 1 rings (SSSR count). The van der Waals surface area contributed by atoms with Crippen LogP contribution >= 0.6 is 0 Å². The topological polar surface area (TPSA) is 44.1 Å². The first-order valence-corrected chi connectivity index (χ1v) is 5.97. The van der Waals surface area contributed by atoms with Crippen LogP contribution in [0.15, 0.2) is 11.8 Å². The predicted molar refractivity (Wildman–Crippen MR) is 63.6 cm³/mol. The van der Waals surface area contributed by atoms with Gasteiger partial charge in [-0.1, -0.05) is 25.7 Å².